The first-order chi connectivity index (χ1) is 4.48. The molecule has 4 nitrogen and oxygen atoms in total. The summed E-state index contributed by atoms with van der Waals surface area (Å²) in [7, 11) is 0. The molecule has 0 aliphatic carbocycles. The number of hydrogen-bond acceptors (Lipinski definition) is 3. The molecule has 0 unspecified atom stereocenters. The van der Waals surface area contributed by atoms with E-state index in [2.05, 4.69) is 0 Å². The van der Waals surface area contributed by atoms with Gasteiger partial charge in [-0.1, -0.05) is 0 Å². The van der Waals surface area contributed by atoms with Crippen molar-refractivity contribution in [1.82, 2.24) is 0 Å². The molecule has 1 atom stereocenters. The van der Waals surface area contributed by atoms with Crippen LogP contribution in [0.15, 0.2) is 0 Å². The van der Waals surface area contributed by atoms with Crippen molar-refractivity contribution in [3.8, 4) is 0 Å². The largest absolute Gasteiger partial charge is 0.481 e. The van der Waals surface area contributed by atoms with E-state index in [1.54, 1.807) is 0 Å². The van der Waals surface area contributed by atoms with Gasteiger partial charge in [0.25, 0.3) is 0 Å². The molecule has 0 aromatic heterocycles. The van der Waals surface area contributed by atoms with Crippen LogP contribution in [0.25, 0.3) is 0 Å². The van der Waals surface area contributed by atoms with Gasteiger partial charge in [0.2, 0.25) is 0 Å². The van der Waals surface area contributed by atoms with Gasteiger partial charge in [-0.3, -0.25) is 4.79 Å². The Morgan fingerprint density at radius 3 is 2.50 bits per heavy atom. The van der Waals surface area contributed by atoms with Crippen molar-refractivity contribution in [1.29, 1.82) is 0 Å². The maximum atomic E-state index is 10.0. The molecule has 0 radical (unpaired) electrons. The van der Waals surface area contributed by atoms with Crippen molar-refractivity contribution < 1.29 is 20.1 Å². The average molecular weight is 150 g/mol. The lowest BCUT2D eigenvalue weighted by molar-refractivity contribution is -0.142. The fourth-order valence-electron chi connectivity index (χ4n) is 0.655. The zero-order valence-electron chi connectivity index (χ0n) is 5.87. The lowest BCUT2D eigenvalue weighted by Gasteiger charge is -2.18. The van der Waals surface area contributed by atoms with Crippen LogP contribution in [-0.4, -0.2) is 33.5 Å². The number of aliphatic hydroxyl groups is 2. The van der Waals surface area contributed by atoms with Gasteiger partial charge in [0.05, 0.1) is 12.0 Å². The van der Waals surface area contributed by atoms with Crippen molar-refractivity contribution in [3.63, 3.8) is 0 Å². The van der Waals surface area contributed by atoms with E-state index in [4.69, 9.17) is 15.3 Å². The Kier molecular flexibility index (Phi) is 3.32. The number of rotatable bonds is 4. The molecule has 0 aliphatic rings. The van der Waals surface area contributed by atoms with Gasteiger partial charge < -0.3 is 15.3 Å². The standard InChI is InChI=1S/C6H12O4/c1-6(10,2-3-7)4-5(8)9/h7,10H,2-4H2,1H3,(H,8,9)/t6-/m0/s1/i4+2. The Morgan fingerprint density at radius 2 is 2.20 bits per heavy atom. The van der Waals surface area contributed by atoms with Gasteiger partial charge in [-0.2, -0.15) is 0 Å². The first-order valence-electron chi connectivity index (χ1n) is 3.03. The maximum absolute atomic E-state index is 10.0. The van der Waals surface area contributed by atoms with Crippen molar-refractivity contribution in [3.05, 3.63) is 0 Å². The third kappa shape index (κ3) is 4.29. The summed E-state index contributed by atoms with van der Waals surface area (Å²) in [4.78, 5) is 10.0. The second-order valence-electron chi connectivity index (χ2n) is 2.54. The molecule has 0 aromatic rings. The predicted octanol–water partition coefficient (Wildman–Crippen LogP) is -0.406. The number of carboxylic acids is 1. The summed E-state index contributed by atoms with van der Waals surface area (Å²) in [6.45, 7) is 1.19. The minimum absolute atomic E-state index is 0.0965. The van der Waals surface area contributed by atoms with E-state index < -0.39 is 11.6 Å². The second kappa shape index (κ2) is 3.53. The van der Waals surface area contributed by atoms with Crippen LogP contribution in [0.2, 0.25) is 0 Å². The Bertz CT molecular complexity index is 119. The highest BCUT2D eigenvalue weighted by Crippen LogP contribution is 2.12. The van der Waals surface area contributed by atoms with Gasteiger partial charge in [-0.05, 0) is 13.3 Å². The fourth-order valence-corrected chi connectivity index (χ4v) is 0.655. The van der Waals surface area contributed by atoms with Crippen LogP contribution in [0.5, 0.6) is 0 Å². The Hall–Kier alpha value is -0.610. The Balaban J connectivity index is 3.74. The van der Waals surface area contributed by atoms with E-state index in [9.17, 15) is 4.79 Å². The first-order valence-corrected chi connectivity index (χ1v) is 3.03. The maximum Gasteiger partial charge on any atom is 0.306 e. The summed E-state index contributed by atoms with van der Waals surface area (Å²) in [5.41, 5.74) is -1.28. The molecule has 10 heavy (non-hydrogen) atoms. The molecule has 0 saturated heterocycles. The number of hydrogen-bond donors (Lipinski definition) is 3. The van der Waals surface area contributed by atoms with Gasteiger partial charge in [-0.15, -0.1) is 0 Å². The predicted molar refractivity (Wildman–Crippen MR) is 34.6 cm³/mol. The molecule has 0 aliphatic heterocycles. The summed E-state index contributed by atoms with van der Waals surface area (Å²) in [6.07, 6.45) is -0.229. The molecule has 0 aromatic carbocycles. The molecule has 3 N–H and O–H groups in total. The highest BCUT2D eigenvalue weighted by atomic mass is 16.4. The first kappa shape index (κ1) is 9.39. The number of aliphatic carboxylic acids is 1. The van der Waals surface area contributed by atoms with E-state index in [1.807, 2.05) is 0 Å². The summed E-state index contributed by atoms with van der Waals surface area (Å²) in [5.74, 6) is -1.06. The molecule has 0 bridgehead atoms. The zero-order chi connectivity index (χ0) is 8.20. The van der Waals surface area contributed by atoms with Crippen LogP contribution in [-0.2, 0) is 4.79 Å². The highest BCUT2D eigenvalue weighted by molar-refractivity contribution is 5.67. The van der Waals surface area contributed by atoms with Crippen LogP contribution >= 0.6 is 0 Å². The number of carbonyl (C=O) groups is 1. The second-order valence-corrected chi connectivity index (χ2v) is 2.54. The van der Waals surface area contributed by atoms with Crippen molar-refractivity contribution in [2.75, 3.05) is 6.61 Å². The van der Waals surface area contributed by atoms with Crippen LogP contribution in [0.1, 0.15) is 19.8 Å². The minimum atomic E-state index is -1.28. The van der Waals surface area contributed by atoms with Gasteiger partial charge in [0.15, 0.2) is 0 Å². The van der Waals surface area contributed by atoms with Crippen LogP contribution in [0.3, 0.4) is 0 Å². The molecule has 0 spiro atoms. The molecule has 4 heteroatoms. The van der Waals surface area contributed by atoms with Crippen molar-refractivity contribution >= 4 is 5.97 Å². The number of carboxylic acid groups (broad SMARTS) is 1. The topological polar surface area (TPSA) is 77.8 Å². The molecule has 0 saturated carbocycles. The van der Waals surface area contributed by atoms with Gasteiger partial charge >= 0.3 is 5.97 Å². The summed E-state index contributed by atoms with van der Waals surface area (Å²) >= 11 is 0. The molecule has 0 amide bonds. The van der Waals surface area contributed by atoms with E-state index in [1.165, 1.54) is 6.92 Å². The normalized spacial score (nSPS) is 16.3. The molecule has 60 valence electrons. The van der Waals surface area contributed by atoms with Gasteiger partial charge in [0, 0.05) is 6.61 Å². The third-order valence-corrected chi connectivity index (χ3v) is 1.18. The quantitative estimate of drug-likeness (QED) is 0.509. The molecule has 0 rings (SSSR count). The average Bonchev–Trinajstić information content (AvgIpc) is 1.59. The molecular formula is C6H12O4. The van der Waals surface area contributed by atoms with E-state index >= 15 is 0 Å². The van der Waals surface area contributed by atoms with E-state index in [0.29, 0.717) is 0 Å². The minimum Gasteiger partial charge on any atom is -0.481 e. The molecule has 0 heterocycles. The van der Waals surface area contributed by atoms with Gasteiger partial charge in [-0.25, -0.2) is 0 Å². The number of aliphatic hydroxyl groups excluding tert-OH is 1. The zero-order valence-corrected chi connectivity index (χ0v) is 5.87. The highest BCUT2D eigenvalue weighted by Gasteiger charge is 2.22. The third-order valence-electron chi connectivity index (χ3n) is 1.18. The summed E-state index contributed by atoms with van der Waals surface area (Å²) < 4.78 is 0. The van der Waals surface area contributed by atoms with Crippen LogP contribution in [0.4, 0.5) is 0 Å². The summed E-state index contributed by atoms with van der Waals surface area (Å²) in [6, 6.07) is 0. The van der Waals surface area contributed by atoms with E-state index in [0.717, 1.165) is 0 Å². The smallest absolute Gasteiger partial charge is 0.306 e. The Labute approximate surface area is 59.1 Å². The summed E-state index contributed by atoms with van der Waals surface area (Å²) in [5, 5.41) is 25.7. The monoisotopic (exact) mass is 150 g/mol. The molecular weight excluding hydrogens is 138 g/mol. The van der Waals surface area contributed by atoms with Crippen LogP contribution < -0.4 is 0 Å². The SMILES string of the molecule is C[C@](O)(CCO)[14CH2]C(=O)O. The van der Waals surface area contributed by atoms with Crippen molar-refractivity contribution in [2.45, 2.75) is 25.4 Å². The Morgan fingerprint density at radius 1 is 1.70 bits per heavy atom. The van der Waals surface area contributed by atoms with Crippen LogP contribution in [0, 0.1) is 0 Å². The molecule has 0 fully saturated rings. The lowest BCUT2D eigenvalue weighted by Crippen LogP contribution is -2.28. The van der Waals surface area contributed by atoms with E-state index in [-0.39, 0.29) is 19.4 Å². The fraction of sp³-hybridized carbons (Fsp3) is 0.833. The lowest BCUT2D eigenvalue weighted by atomic mass is 10.2. The van der Waals surface area contributed by atoms with Gasteiger partial charge in [0.1, 0.15) is 0 Å². The van der Waals surface area contributed by atoms with Crippen molar-refractivity contribution in [2.24, 2.45) is 0 Å².